The van der Waals surface area contributed by atoms with Crippen LogP contribution in [0, 0.1) is 27.7 Å². The maximum absolute atomic E-state index is 13.3. The summed E-state index contributed by atoms with van der Waals surface area (Å²) in [6, 6.07) is 1.88. The van der Waals surface area contributed by atoms with E-state index in [1.807, 2.05) is 44.5 Å². The summed E-state index contributed by atoms with van der Waals surface area (Å²) in [7, 11) is -3.60. The second-order valence-corrected chi connectivity index (χ2v) is 9.74. The van der Waals surface area contributed by atoms with Gasteiger partial charge in [0.15, 0.2) is 0 Å². The summed E-state index contributed by atoms with van der Waals surface area (Å²) in [5.41, 5.74) is 3.56. The third kappa shape index (κ3) is 4.67. The monoisotopic (exact) mass is 433 g/mol. The first kappa shape index (κ1) is 22.3. The number of aromatic nitrogens is 2. The minimum Gasteiger partial charge on any atom is -0.338 e. The van der Waals surface area contributed by atoms with Crippen LogP contribution in [0.3, 0.4) is 0 Å². The van der Waals surface area contributed by atoms with Crippen LogP contribution in [0.2, 0.25) is 0 Å². The van der Waals surface area contributed by atoms with Gasteiger partial charge in [0.2, 0.25) is 10.0 Å². The Kier molecular flexibility index (Phi) is 6.82. The lowest BCUT2D eigenvalue weighted by Crippen LogP contribution is -2.53. The third-order valence-electron chi connectivity index (χ3n) is 5.85. The highest BCUT2D eigenvalue weighted by molar-refractivity contribution is 7.89. The van der Waals surface area contributed by atoms with Crippen LogP contribution in [0.25, 0.3) is 0 Å². The molecular formula is C21H31N5O3S. The average molecular weight is 434 g/mol. The summed E-state index contributed by atoms with van der Waals surface area (Å²) in [5, 5.41) is 2.92. The molecule has 9 heteroatoms. The summed E-state index contributed by atoms with van der Waals surface area (Å²) in [4.78, 5) is 18.5. The molecule has 1 aromatic heterocycles. The van der Waals surface area contributed by atoms with Crippen LogP contribution in [0.5, 0.6) is 0 Å². The van der Waals surface area contributed by atoms with E-state index in [0.717, 1.165) is 35.2 Å². The normalized spacial score (nSPS) is 15.4. The number of imidazole rings is 1. The summed E-state index contributed by atoms with van der Waals surface area (Å²) in [6.45, 7) is 10.3. The van der Waals surface area contributed by atoms with Gasteiger partial charge in [-0.1, -0.05) is 6.07 Å². The Morgan fingerprint density at radius 1 is 1.07 bits per heavy atom. The molecule has 0 bridgehead atoms. The molecule has 1 fully saturated rings. The van der Waals surface area contributed by atoms with Crippen LogP contribution >= 0.6 is 0 Å². The van der Waals surface area contributed by atoms with Gasteiger partial charge in [0.25, 0.3) is 0 Å². The van der Waals surface area contributed by atoms with Gasteiger partial charge in [0.1, 0.15) is 0 Å². The first-order chi connectivity index (χ1) is 14.2. The molecule has 0 aliphatic carbocycles. The number of nitrogens with zero attached hydrogens (tertiary/aromatic N) is 4. The predicted molar refractivity (Wildman–Crippen MR) is 116 cm³/mol. The summed E-state index contributed by atoms with van der Waals surface area (Å²) in [6.07, 6.45) is 6.18. The van der Waals surface area contributed by atoms with Gasteiger partial charge < -0.3 is 14.8 Å². The van der Waals surface area contributed by atoms with Crippen molar-refractivity contribution in [1.82, 2.24) is 24.1 Å². The van der Waals surface area contributed by atoms with Gasteiger partial charge in [-0.05, 0) is 56.4 Å². The van der Waals surface area contributed by atoms with Gasteiger partial charge in [-0.15, -0.1) is 0 Å². The van der Waals surface area contributed by atoms with E-state index < -0.39 is 10.0 Å². The smallest absolute Gasteiger partial charge is 0.317 e. The molecule has 8 nitrogen and oxygen atoms in total. The van der Waals surface area contributed by atoms with Crippen LogP contribution in [0.1, 0.15) is 28.7 Å². The van der Waals surface area contributed by atoms with Gasteiger partial charge in [0.05, 0.1) is 11.2 Å². The van der Waals surface area contributed by atoms with E-state index in [2.05, 4.69) is 10.3 Å². The van der Waals surface area contributed by atoms with E-state index >= 15 is 0 Å². The summed E-state index contributed by atoms with van der Waals surface area (Å²) >= 11 is 0. The number of hydrogen-bond donors (Lipinski definition) is 1. The molecule has 2 heterocycles. The molecule has 2 amide bonds. The number of nitrogens with one attached hydrogen (secondary N) is 1. The number of carbonyl (C=O) groups excluding carboxylic acids is 1. The van der Waals surface area contributed by atoms with E-state index in [1.54, 1.807) is 17.4 Å². The van der Waals surface area contributed by atoms with E-state index in [4.69, 9.17) is 0 Å². The van der Waals surface area contributed by atoms with E-state index in [9.17, 15) is 13.2 Å². The highest BCUT2D eigenvalue weighted by Crippen LogP contribution is 2.29. The van der Waals surface area contributed by atoms with Crippen molar-refractivity contribution in [2.75, 3.05) is 32.7 Å². The predicted octanol–water partition coefficient (Wildman–Crippen LogP) is 2.22. The molecule has 0 radical (unpaired) electrons. The van der Waals surface area contributed by atoms with Gasteiger partial charge in [-0.25, -0.2) is 18.2 Å². The van der Waals surface area contributed by atoms with Crippen molar-refractivity contribution in [1.29, 1.82) is 0 Å². The first-order valence-electron chi connectivity index (χ1n) is 10.3. The van der Waals surface area contributed by atoms with Crippen LogP contribution in [-0.2, 0) is 16.6 Å². The average Bonchev–Trinajstić information content (AvgIpc) is 3.23. The Balaban J connectivity index is 1.56. The van der Waals surface area contributed by atoms with Crippen molar-refractivity contribution < 1.29 is 13.2 Å². The standard InChI is InChI=1S/C21H31N5O3S/c1-16-14-17(2)19(4)20(18(16)3)30(28,29)26-12-10-25(11-13-26)21(27)23-6-5-8-24-9-7-22-15-24/h7,9,14-15H,5-6,8,10-13H2,1-4H3,(H,23,27). The highest BCUT2D eigenvalue weighted by Gasteiger charge is 2.32. The Morgan fingerprint density at radius 3 is 2.27 bits per heavy atom. The Hall–Kier alpha value is -2.39. The zero-order valence-electron chi connectivity index (χ0n) is 18.2. The third-order valence-corrected chi connectivity index (χ3v) is 8.02. The Morgan fingerprint density at radius 2 is 1.70 bits per heavy atom. The highest BCUT2D eigenvalue weighted by atomic mass is 32.2. The van der Waals surface area contributed by atoms with E-state index in [-0.39, 0.29) is 6.03 Å². The fourth-order valence-electron chi connectivity index (χ4n) is 3.82. The molecule has 0 spiro atoms. The molecule has 3 rings (SSSR count). The van der Waals surface area contributed by atoms with Crippen LogP contribution in [0.4, 0.5) is 4.79 Å². The molecular weight excluding hydrogens is 402 g/mol. The van der Waals surface area contributed by atoms with Crippen LogP contribution in [-0.4, -0.2) is 65.9 Å². The molecule has 164 valence electrons. The quantitative estimate of drug-likeness (QED) is 0.708. The minimum absolute atomic E-state index is 0.142. The Bertz CT molecular complexity index is 968. The molecule has 1 N–H and O–H groups in total. The Labute approximate surface area is 178 Å². The zero-order chi connectivity index (χ0) is 21.9. The maximum Gasteiger partial charge on any atom is 0.317 e. The van der Waals surface area contributed by atoms with Gasteiger partial charge in [-0.3, -0.25) is 0 Å². The second-order valence-electron chi connectivity index (χ2n) is 7.87. The molecule has 1 aliphatic rings. The van der Waals surface area contributed by atoms with E-state index in [0.29, 0.717) is 37.6 Å². The van der Waals surface area contributed by atoms with Crippen molar-refractivity contribution in [2.24, 2.45) is 0 Å². The maximum atomic E-state index is 13.3. The number of aryl methyl sites for hydroxylation is 3. The lowest BCUT2D eigenvalue weighted by molar-refractivity contribution is 0.172. The lowest BCUT2D eigenvalue weighted by atomic mass is 10.0. The number of urea groups is 1. The summed E-state index contributed by atoms with van der Waals surface area (Å²) < 4.78 is 30.1. The summed E-state index contributed by atoms with van der Waals surface area (Å²) in [5.74, 6) is 0. The van der Waals surface area contributed by atoms with Crippen LogP contribution in [0.15, 0.2) is 29.7 Å². The number of amides is 2. The van der Waals surface area contributed by atoms with E-state index in [1.165, 1.54) is 4.31 Å². The first-order valence-corrected chi connectivity index (χ1v) is 11.7. The number of hydrogen-bond acceptors (Lipinski definition) is 4. The topological polar surface area (TPSA) is 87.5 Å². The van der Waals surface area contributed by atoms with Crippen molar-refractivity contribution in [2.45, 2.75) is 45.6 Å². The van der Waals surface area contributed by atoms with Crippen molar-refractivity contribution in [3.63, 3.8) is 0 Å². The number of carbonyl (C=O) groups is 1. The number of rotatable bonds is 6. The van der Waals surface area contributed by atoms with Gasteiger partial charge in [0, 0.05) is 51.7 Å². The fourth-order valence-corrected chi connectivity index (χ4v) is 5.81. The molecule has 0 saturated carbocycles. The molecule has 1 saturated heterocycles. The SMILES string of the molecule is Cc1cc(C)c(C)c(S(=O)(=O)N2CCN(C(=O)NCCCn3ccnc3)CC2)c1C. The molecule has 1 aromatic carbocycles. The van der Waals surface area contributed by atoms with Crippen molar-refractivity contribution in [3.05, 3.63) is 47.0 Å². The number of piperazine rings is 1. The molecule has 2 aromatic rings. The fraction of sp³-hybridized carbons (Fsp3) is 0.524. The number of benzene rings is 1. The largest absolute Gasteiger partial charge is 0.338 e. The number of sulfonamides is 1. The molecule has 0 atom stereocenters. The van der Waals surface area contributed by atoms with Gasteiger partial charge in [-0.2, -0.15) is 4.31 Å². The van der Waals surface area contributed by atoms with Crippen LogP contribution < -0.4 is 5.32 Å². The molecule has 1 aliphatic heterocycles. The molecule has 30 heavy (non-hydrogen) atoms. The van der Waals surface area contributed by atoms with Crippen molar-refractivity contribution >= 4 is 16.1 Å². The minimum atomic E-state index is -3.60. The van der Waals surface area contributed by atoms with Gasteiger partial charge >= 0.3 is 6.03 Å². The molecule has 0 unspecified atom stereocenters. The zero-order valence-corrected chi connectivity index (χ0v) is 19.0. The second kappa shape index (κ2) is 9.18. The van der Waals surface area contributed by atoms with Crippen molar-refractivity contribution in [3.8, 4) is 0 Å². The lowest BCUT2D eigenvalue weighted by Gasteiger charge is -2.34.